The number of aliphatic hydroxyl groups excluding tert-OH is 1. The lowest BCUT2D eigenvalue weighted by Gasteiger charge is -2.14. The molecule has 4 nitrogen and oxygen atoms in total. The first kappa shape index (κ1) is 21.9. The summed E-state index contributed by atoms with van der Waals surface area (Å²) in [6.07, 6.45) is 0. The quantitative estimate of drug-likeness (QED) is 0.309. The highest BCUT2D eigenvalue weighted by Gasteiger charge is 2.16. The van der Waals surface area contributed by atoms with Gasteiger partial charge in [-0.25, -0.2) is 0 Å². The van der Waals surface area contributed by atoms with Crippen molar-refractivity contribution in [1.82, 2.24) is 0 Å². The number of aliphatic hydroxyl groups is 1. The van der Waals surface area contributed by atoms with Crippen LogP contribution in [0.4, 0.5) is 0 Å². The van der Waals surface area contributed by atoms with Crippen molar-refractivity contribution in [2.24, 2.45) is 0 Å². The zero-order valence-corrected chi connectivity index (χ0v) is 19.2. The Bertz CT molecular complexity index is 1540. The Morgan fingerprint density at radius 3 is 2.53 bits per heavy atom. The average molecular weight is 451 g/mol. The van der Waals surface area contributed by atoms with Crippen molar-refractivity contribution >= 4 is 21.7 Å². The molecule has 0 bridgehead atoms. The normalized spacial score (nSPS) is 11.4. The molecule has 0 saturated heterocycles. The van der Waals surface area contributed by atoms with E-state index >= 15 is 0 Å². The minimum absolute atomic E-state index is 0.0743. The van der Waals surface area contributed by atoms with E-state index in [0.29, 0.717) is 29.1 Å². The number of ether oxygens (including phenoxy) is 1. The van der Waals surface area contributed by atoms with Crippen molar-refractivity contribution in [3.8, 4) is 16.9 Å². The molecular formula is C30H26O4. The summed E-state index contributed by atoms with van der Waals surface area (Å²) < 4.78 is 12.4. The highest BCUT2D eigenvalue weighted by Crippen LogP contribution is 2.34. The van der Waals surface area contributed by atoms with Crippen molar-refractivity contribution in [2.45, 2.75) is 33.0 Å². The van der Waals surface area contributed by atoms with Crippen LogP contribution >= 0.6 is 0 Å². The average Bonchev–Trinajstić information content (AvgIpc) is 2.86. The molecular weight excluding hydrogens is 424 g/mol. The Balaban J connectivity index is 1.63. The van der Waals surface area contributed by atoms with Gasteiger partial charge in [0.2, 0.25) is 0 Å². The lowest BCUT2D eigenvalue weighted by atomic mass is 9.98. The standard InChI is InChI=1S/C30H26O4/c1-19(2)28-16-27(32)30-26(22-10-5-7-20(13-22)17-31)14-24(15-29(30)34-28)33-18-23-11-6-9-21-8-3-4-12-25(21)23/h3-16,19,31H,17-18H2,1-2H3. The van der Waals surface area contributed by atoms with E-state index < -0.39 is 0 Å². The summed E-state index contributed by atoms with van der Waals surface area (Å²) in [5.41, 5.74) is 3.82. The van der Waals surface area contributed by atoms with E-state index in [4.69, 9.17) is 9.15 Å². The summed E-state index contributed by atoms with van der Waals surface area (Å²) in [7, 11) is 0. The number of hydrogen-bond donors (Lipinski definition) is 1. The number of benzene rings is 4. The maximum absolute atomic E-state index is 13.1. The van der Waals surface area contributed by atoms with E-state index in [-0.39, 0.29) is 18.0 Å². The van der Waals surface area contributed by atoms with E-state index in [2.05, 4.69) is 24.3 Å². The highest BCUT2D eigenvalue weighted by atomic mass is 16.5. The van der Waals surface area contributed by atoms with Crippen LogP contribution in [-0.2, 0) is 13.2 Å². The maximum Gasteiger partial charge on any atom is 0.193 e. The molecule has 1 N–H and O–H groups in total. The third-order valence-electron chi connectivity index (χ3n) is 6.09. The van der Waals surface area contributed by atoms with E-state index in [0.717, 1.165) is 33.0 Å². The fourth-order valence-corrected chi connectivity index (χ4v) is 4.29. The molecule has 1 heterocycles. The van der Waals surface area contributed by atoms with Gasteiger partial charge in [0.25, 0.3) is 0 Å². The fourth-order valence-electron chi connectivity index (χ4n) is 4.29. The topological polar surface area (TPSA) is 59.7 Å². The van der Waals surface area contributed by atoms with Crippen molar-refractivity contribution in [1.29, 1.82) is 0 Å². The molecule has 0 aliphatic carbocycles. The third-order valence-corrected chi connectivity index (χ3v) is 6.09. The summed E-state index contributed by atoms with van der Waals surface area (Å²) in [5, 5.41) is 12.4. The lowest BCUT2D eigenvalue weighted by molar-refractivity contribution is 0.282. The van der Waals surface area contributed by atoms with Gasteiger partial charge in [0.05, 0.1) is 12.0 Å². The van der Waals surface area contributed by atoms with Crippen LogP contribution in [0.3, 0.4) is 0 Å². The molecule has 34 heavy (non-hydrogen) atoms. The summed E-state index contributed by atoms with van der Waals surface area (Å²) in [6, 6.07) is 27.2. The lowest BCUT2D eigenvalue weighted by Crippen LogP contribution is -2.06. The molecule has 5 aromatic rings. The van der Waals surface area contributed by atoms with E-state index in [1.165, 1.54) is 0 Å². The molecule has 0 spiro atoms. The summed E-state index contributed by atoms with van der Waals surface area (Å²) in [5.74, 6) is 1.34. The van der Waals surface area contributed by atoms with Crippen LogP contribution in [0.15, 0.2) is 94.1 Å². The van der Waals surface area contributed by atoms with Gasteiger partial charge in [-0.15, -0.1) is 0 Å². The van der Waals surface area contributed by atoms with Crippen molar-refractivity contribution in [3.63, 3.8) is 0 Å². The van der Waals surface area contributed by atoms with Crippen molar-refractivity contribution in [3.05, 3.63) is 112 Å². The Morgan fingerprint density at radius 2 is 1.71 bits per heavy atom. The molecule has 0 aliphatic heterocycles. The summed E-state index contributed by atoms with van der Waals surface area (Å²) >= 11 is 0. The molecule has 1 aromatic heterocycles. The fraction of sp³-hybridized carbons (Fsp3) is 0.167. The van der Waals surface area contributed by atoms with Crippen LogP contribution in [0.2, 0.25) is 0 Å². The van der Waals surface area contributed by atoms with Gasteiger partial charge in [0, 0.05) is 23.6 Å². The van der Waals surface area contributed by atoms with Crippen LogP contribution in [0.25, 0.3) is 32.9 Å². The molecule has 0 amide bonds. The Morgan fingerprint density at radius 1 is 0.912 bits per heavy atom. The second kappa shape index (κ2) is 9.16. The Kier molecular flexibility index (Phi) is 5.91. The monoisotopic (exact) mass is 450 g/mol. The number of rotatable bonds is 6. The van der Waals surface area contributed by atoms with Gasteiger partial charge in [-0.3, -0.25) is 4.79 Å². The largest absolute Gasteiger partial charge is 0.489 e. The van der Waals surface area contributed by atoms with Crippen molar-refractivity contribution in [2.75, 3.05) is 0 Å². The highest BCUT2D eigenvalue weighted by molar-refractivity contribution is 5.95. The maximum atomic E-state index is 13.1. The summed E-state index contributed by atoms with van der Waals surface area (Å²) in [4.78, 5) is 13.1. The minimum Gasteiger partial charge on any atom is -0.489 e. The third kappa shape index (κ3) is 4.20. The van der Waals surface area contributed by atoms with Gasteiger partial charge < -0.3 is 14.3 Å². The predicted molar refractivity (Wildman–Crippen MR) is 136 cm³/mol. The van der Waals surface area contributed by atoms with Gasteiger partial charge in [-0.1, -0.05) is 74.5 Å². The second-order valence-electron chi connectivity index (χ2n) is 8.80. The van der Waals surface area contributed by atoms with Gasteiger partial charge in [-0.05, 0) is 39.6 Å². The SMILES string of the molecule is CC(C)c1cc(=O)c2c(-c3cccc(CO)c3)cc(OCc3cccc4ccccc34)cc2o1. The zero-order valence-electron chi connectivity index (χ0n) is 19.2. The summed E-state index contributed by atoms with van der Waals surface area (Å²) in [6.45, 7) is 4.30. The van der Waals surface area contributed by atoms with Crippen LogP contribution < -0.4 is 10.2 Å². The Labute approximate surface area is 198 Å². The van der Waals surface area contributed by atoms with Crippen LogP contribution in [0, 0.1) is 0 Å². The molecule has 4 heteroatoms. The molecule has 0 aliphatic rings. The van der Waals surface area contributed by atoms with Crippen LogP contribution in [-0.4, -0.2) is 5.11 Å². The van der Waals surface area contributed by atoms with E-state index in [1.54, 1.807) is 12.1 Å². The molecule has 0 radical (unpaired) electrons. The zero-order chi connectivity index (χ0) is 23.7. The first-order chi connectivity index (χ1) is 16.5. The second-order valence-corrected chi connectivity index (χ2v) is 8.80. The van der Waals surface area contributed by atoms with Crippen LogP contribution in [0.5, 0.6) is 5.75 Å². The minimum atomic E-state index is -0.0880. The molecule has 0 fully saturated rings. The molecule has 0 saturated carbocycles. The van der Waals surface area contributed by atoms with Crippen LogP contribution in [0.1, 0.15) is 36.7 Å². The molecule has 0 unspecified atom stereocenters. The van der Waals surface area contributed by atoms with Gasteiger partial charge in [-0.2, -0.15) is 0 Å². The first-order valence-corrected chi connectivity index (χ1v) is 11.4. The molecule has 0 atom stereocenters. The number of hydrogen-bond acceptors (Lipinski definition) is 4. The Hall–Kier alpha value is -3.89. The number of fused-ring (bicyclic) bond motifs is 2. The molecule has 5 rings (SSSR count). The van der Waals surface area contributed by atoms with E-state index in [9.17, 15) is 9.90 Å². The van der Waals surface area contributed by atoms with E-state index in [1.807, 2.05) is 62.4 Å². The smallest absolute Gasteiger partial charge is 0.193 e. The molecule has 4 aromatic carbocycles. The predicted octanol–water partition coefficient (Wildman–Crippen LogP) is 6.81. The molecule has 170 valence electrons. The van der Waals surface area contributed by atoms with Gasteiger partial charge in [0.15, 0.2) is 5.43 Å². The van der Waals surface area contributed by atoms with Gasteiger partial charge >= 0.3 is 0 Å². The van der Waals surface area contributed by atoms with Gasteiger partial charge in [0.1, 0.15) is 23.7 Å². The first-order valence-electron chi connectivity index (χ1n) is 11.4. The van der Waals surface area contributed by atoms with Crippen molar-refractivity contribution < 1.29 is 14.3 Å².